The molecule has 1 aromatic rings. The van der Waals surface area contributed by atoms with Crippen LogP contribution in [0.5, 0.6) is 5.88 Å². The summed E-state index contributed by atoms with van der Waals surface area (Å²) in [6, 6.07) is 1.40. The lowest BCUT2D eigenvalue weighted by atomic mass is 10.4. The van der Waals surface area contributed by atoms with Gasteiger partial charge in [0.15, 0.2) is 6.61 Å². The van der Waals surface area contributed by atoms with Gasteiger partial charge in [0, 0.05) is 12.0 Å². The van der Waals surface area contributed by atoms with Gasteiger partial charge in [-0.05, 0) is 12.8 Å². The second-order valence-corrected chi connectivity index (χ2v) is 3.57. The molecule has 5 nitrogen and oxygen atoms in total. The molecule has 16 heavy (non-hydrogen) atoms. The minimum atomic E-state index is -2.52. The first-order valence-electron chi connectivity index (χ1n) is 4.95. The molecule has 1 heterocycles. The van der Waals surface area contributed by atoms with Crippen LogP contribution in [0.3, 0.4) is 0 Å². The lowest BCUT2D eigenvalue weighted by Gasteiger charge is -2.08. The van der Waals surface area contributed by atoms with Gasteiger partial charge in [-0.2, -0.15) is 4.98 Å². The fourth-order valence-corrected chi connectivity index (χ4v) is 1.26. The number of aromatic nitrogens is 2. The number of rotatable bonds is 5. The monoisotopic (exact) mass is 230 g/mol. The minimum absolute atomic E-state index is 0.130. The molecule has 1 fully saturated rings. The predicted octanol–water partition coefficient (Wildman–Crippen LogP) is 1.28. The molecule has 0 aromatic carbocycles. The number of nitrogens with one attached hydrogen (secondary N) is 1. The maximum Gasteiger partial charge on any atom is 0.272 e. The van der Waals surface area contributed by atoms with Crippen LogP contribution in [0.25, 0.3) is 0 Å². The second kappa shape index (κ2) is 4.56. The Hall–Kier alpha value is -1.50. The van der Waals surface area contributed by atoms with Crippen molar-refractivity contribution in [1.29, 1.82) is 0 Å². The normalized spacial score (nSPS) is 15.2. The summed E-state index contributed by atoms with van der Waals surface area (Å²) in [5.74, 6) is 6.63. The van der Waals surface area contributed by atoms with E-state index in [4.69, 9.17) is 10.6 Å². The molecule has 1 aromatic heterocycles. The van der Waals surface area contributed by atoms with Crippen molar-refractivity contribution in [3.8, 4) is 5.88 Å². The first kappa shape index (κ1) is 11.0. The fourth-order valence-electron chi connectivity index (χ4n) is 1.26. The summed E-state index contributed by atoms with van der Waals surface area (Å²) in [6.45, 7) is -0.675. The Morgan fingerprint density at radius 3 is 2.81 bits per heavy atom. The summed E-state index contributed by atoms with van der Waals surface area (Å²) >= 11 is 0. The molecule has 0 saturated heterocycles. The summed E-state index contributed by atoms with van der Waals surface area (Å²) < 4.78 is 28.8. The third-order valence-corrected chi connectivity index (χ3v) is 2.17. The highest BCUT2D eigenvalue weighted by Crippen LogP contribution is 2.39. The van der Waals surface area contributed by atoms with Crippen LogP contribution >= 0.6 is 0 Å². The van der Waals surface area contributed by atoms with Crippen molar-refractivity contribution in [1.82, 2.24) is 9.97 Å². The average molecular weight is 230 g/mol. The van der Waals surface area contributed by atoms with Crippen LogP contribution in [-0.4, -0.2) is 23.0 Å². The third kappa shape index (κ3) is 2.75. The lowest BCUT2D eigenvalue weighted by Crippen LogP contribution is -2.13. The molecular formula is C9H12F2N4O. The highest BCUT2D eigenvalue weighted by Gasteiger charge is 2.27. The molecule has 88 valence electrons. The van der Waals surface area contributed by atoms with Crippen molar-refractivity contribution >= 4 is 5.82 Å². The van der Waals surface area contributed by atoms with E-state index in [1.807, 2.05) is 0 Å². The summed E-state index contributed by atoms with van der Waals surface area (Å²) in [4.78, 5) is 8.18. The van der Waals surface area contributed by atoms with E-state index in [1.54, 1.807) is 0 Å². The summed E-state index contributed by atoms with van der Waals surface area (Å²) in [5, 5.41) is 0. The molecule has 1 aliphatic carbocycles. The van der Waals surface area contributed by atoms with Gasteiger partial charge in [-0.1, -0.05) is 0 Å². The van der Waals surface area contributed by atoms with Crippen molar-refractivity contribution in [2.24, 2.45) is 5.84 Å². The number of halogens is 2. The molecule has 0 radical (unpaired) electrons. The zero-order valence-corrected chi connectivity index (χ0v) is 8.49. The second-order valence-electron chi connectivity index (χ2n) is 3.57. The molecule has 1 aliphatic rings. The van der Waals surface area contributed by atoms with Gasteiger partial charge in [0.2, 0.25) is 5.88 Å². The van der Waals surface area contributed by atoms with Gasteiger partial charge < -0.3 is 10.2 Å². The highest BCUT2D eigenvalue weighted by molar-refractivity contribution is 5.38. The van der Waals surface area contributed by atoms with Crippen LogP contribution < -0.4 is 16.0 Å². The molecule has 3 N–H and O–H groups in total. The van der Waals surface area contributed by atoms with Crippen LogP contribution in [0.4, 0.5) is 14.6 Å². The Kier molecular flexibility index (Phi) is 3.14. The van der Waals surface area contributed by atoms with E-state index < -0.39 is 13.0 Å². The van der Waals surface area contributed by atoms with Crippen LogP contribution in [0.1, 0.15) is 24.6 Å². The molecule has 0 amide bonds. The van der Waals surface area contributed by atoms with Crippen molar-refractivity contribution in [3.05, 3.63) is 11.9 Å². The number of hydrogen-bond donors (Lipinski definition) is 2. The standard InChI is InChI=1S/C9H12F2N4O/c10-6(11)4-16-8-3-7(15-12)13-9(14-8)5-1-2-5/h3,5-6H,1-2,4,12H2,(H,13,14,15). The zero-order chi connectivity index (χ0) is 11.5. The van der Waals surface area contributed by atoms with E-state index in [0.717, 1.165) is 12.8 Å². The summed E-state index contributed by atoms with van der Waals surface area (Å²) in [6.07, 6.45) is -0.487. The van der Waals surface area contributed by atoms with Gasteiger partial charge in [0.1, 0.15) is 11.6 Å². The first-order chi connectivity index (χ1) is 7.69. The molecule has 0 spiro atoms. The Bertz CT molecular complexity index is 371. The first-order valence-corrected chi connectivity index (χ1v) is 4.95. The van der Waals surface area contributed by atoms with Gasteiger partial charge in [-0.25, -0.2) is 19.6 Å². The van der Waals surface area contributed by atoms with E-state index in [-0.39, 0.29) is 5.88 Å². The van der Waals surface area contributed by atoms with Crippen molar-refractivity contribution in [2.75, 3.05) is 12.0 Å². The molecule has 2 rings (SSSR count). The van der Waals surface area contributed by atoms with E-state index in [0.29, 0.717) is 17.6 Å². The number of nitrogens with zero attached hydrogens (tertiary/aromatic N) is 2. The molecule has 1 saturated carbocycles. The minimum Gasteiger partial charge on any atom is -0.471 e. The van der Waals surface area contributed by atoms with Crippen LogP contribution in [0.15, 0.2) is 6.07 Å². The smallest absolute Gasteiger partial charge is 0.272 e. The van der Waals surface area contributed by atoms with E-state index in [9.17, 15) is 8.78 Å². The number of nitrogens with two attached hydrogens (primary N) is 1. The van der Waals surface area contributed by atoms with Crippen molar-refractivity contribution in [3.63, 3.8) is 0 Å². The topological polar surface area (TPSA) is 73.1 Å². The average Bonchev–Trinajstić information content (AvgIpc) is 3.09. The van der Waals surface area contributed by atoms with Crippen LogP contribution in [0, 0.1) is 0 Å². The van der Waals surface area contributed by atoms with Crippen LogP contribution in [-0.2, 0) is 0 Å². The Morgan fingerprint density at radius 1 is 1.50 bits per heavy atom. The summed E-state index contributed by atoms with van der Waals surface area (Å²) in [5.41, 5.74) is 2.36. The van der Waals surface area contributed by atoms with E-state index in [1.165, 1.54) is 6.07 Å². The number of hydrogen-bond acceptors (Lipinski definition) is 5. The number of alkyl halides is 2. The van der Waals surface area contributed by atoms with Gasteiger partial charge in [0.25, 0.3) is 6.43 Å². The third-order valence-electron chi connectivity index (χ3n) is 2.17. The molecular weight excluding hydrogens is 218 g/mol. The van der Waals surface area contributed by atoms with Crippen molar-refractivity contribution in [2.45, 2.75) is 25.2 Å². The van der Waals surface area contributed by atoms with Crippen LogP contribution in [0.2, 0.25) is 0 Å². The zero-order valence-electron chi connectivity index (χ0n) is 8.49. The van der Waals surface area contributed by atoms with Gasteiger partial charge in [0.05, 0.1) is 0 Å². The van der Waals surface area contributed by atoms with Crippen molar-refractivity contribution < 1.29 is 13.5 Å². The fraction of sp³-hybridized carbons (Fsp3) is 0.556. The maximum absolute atomic E-state index is 12.0. The number of anilines is 1. The number of nitrogen functional groups attached to an aromatic ring is 1. The quantitative estimate of drug-likeness (QED) is 0.589. The predicted molar refractivity (Wildman–Crippen MR) is 53.3 cm³/mol. The van der Waals surface area contributed by atoms with Gasteiger partial charge >= 0.3 is 0 Å². The Morgan fingerprint density at radius 2 is 2.25 bits per heavy atom. The maximum atomic E-state index is 12.0. The molecule has 0 unspecified atom stereocenters. The largest absolute Gasteiger partial charge is 0.471 e. The van der Waals surface area contributed by atoms with E-state index in [2.05, 4.69) is 15.4 Å². The van der Waals surface area contributed by atoms with Gasteiger partial charge in [-0.3, -0.25) is 0 Å². The molecule has 7 heteroatoms. The van der Waals surface area contributed by atoms with Gasteiger partial charge in [-0.15, -0.1) is 0 Å². The molecule has 0 atom stereocenters. The summed E-state index contributed by atoms with van der Waals surface area (Å²) in [7, 11) is 0. The molecule has 0 bridgehead atoms. The molecule has 0 aliphatic heterocycles. The Balaban J connectivity index is 2.12. The van der Waals surface area contributed by atoms with E-state index >= 15 is 0 Å². The highest BCUT2D eigenvalue weighted by atomic mass is 19.3. The SMILES string of the molecule is NNc1cc(OCC(F)F)nc(C2CC2)n1. The Labute approximate surface area is 91.0 Å². The number of hydrazine groups is 1. The number of ether oxygens (including phenoxy) is 1. The lowest BCUT2D eigenvalue weighted by molar-refractivity contribution is 0.0794.